The number of carbonyl (C=O) groups excluding carboxylic acids is 1. The fourth-order valence-electron chi connectivity index (χ4n) is 3.67. The number of nitrogens with two attached hydrogens (primary N) is 1. The lowest BCUT2D eigenvalue weighted by Gasteiger charge is -2.37. The predicted molar refractivity (Wildman–Crippen MR) is 97.3 cm³/mol. The van der Waals surface area contributed by atoms with Gasteiger partial charge >= 0.3 is 6.18 Å². The average molecular weight is 385 g/mol. The van der Waals surface area contributed by atoms with Crippen molar-refractivity contribution in [3.8, 4) is 5.75 Å². The standard InChI is InChI=1S/C19H15BF3N3O2/c20-12-6-7-14-13(8-12)18(9-15(28-14)11-4-2-1-3-5-11)16(27)26(17(24)25-18)10-19(21,22)23/h1-8,15H,9-10H2,(H2,24,25). The van der Waals surface area contributed by atoms with E-state index in [1.807, 2.05) is 30.3 Å². The third-order valence-electron chi connectivity index (χ3n) is 4.89. The van der Waals surface area contributed by atoms with Crippen LogP contribution < -0.4 is 15.9 Å². The van der Waals surface area contributed by atoms with E-state index in [0.29, 0.717) is 21.7 Å². The molecule has 0 bridgehead atoms. The van der Waals surface area contributed by atoms with Gasteiger partial charge in [0.15, 0.2) is 11.5 Å². The van der Waals surface area contributed by atoms with E-state index >= 15 is 0 Å². The van der Waals surface area contributed by atoms with E-state index in [1.54, 1.807) is 12.1 Å². The van der Waals surface area contributed by atoms with Gasteiger partial charge in [-0.25, -0.2) is 4.99 Å². The molecule has 9 heteroatoms. The van der Waals surface area contributed by atoms with Gasteiger partial charge in [-0.15, -0.1) is 0 Å². The van der Waals surface area contributed by atoms with Gasteiger partial charge in [-0.2, -0.15) is 13.2 Å². The maximum Gasteiger partial charge on any atom is 0.406 e. The lowest BCUT2D eigenvalue weighted by molar-refractivity contribution is -0.155. The molecule has 2 heterocycles. The average Bonchev–Trinajstić information content (AvgIpc) is 2.86. The second kappa shape index (κ2) is 6.29. The largest absolute Gasteiger partial charge is 0.485 e. The minimum absolute atomic E-state index is 0.0152. The summed E-state index contributed by atoms with van der Waals surface area (Å²) in [7, 11) is 5.85. The monoisotopic (exact) mass is 385 g/mol. The van der Waals surface area contributed by atoms with Gasteiger partial charge in [-0.1, -0.05) is 47.9 Å². The third-order valence-corrected chi connectivity index (χ3v) is 4.89. The summed E-state index contributed by atoms with van der Waals surface area (Å²) in [5.41, 5.74) is 5.57. The first kappa shape index (κ1) is 18.4. The number of aliphatic imine (C=N–C) groups is 1. The Bertz CT molecular complexity index is 965. The van der Waals surface area contributed by atoms with Crippen LogP contribution in [0.5, 0.6) is 5.75 Å². The number of hydrogen-bond acceptors (Lipinski definition) is 4. The first-order chi connectivity index (χ1) is 13.2. The molecule has 2 aliphatic rings. The Balaban J connectivity index is 1.83. The molecule has 2 aliphatic heterocycles. The maximum atomic E-state index is 13.2. The fraction of sp³-hybridized carbons (Fsp3) is 0.263. The zero-order chi connectivity index (χ0) is 20.1. The van der Waals surface area contributed by atoms with Gasteiger partial charge < -0.3 is 10.5 Å². The van der Waals surface area contributed by atoms with Crippen LogP contribution in [0.3, 0.4) is 0 Å². The normalized spacial score (nSPS) is 24.1. The van der Waals surface area contributed by atoms with E-state index in [1.165, 1.54) is 6.07 Å². The smallest absolute Gasteiger partial charge is 0.406 e. The minimum atomic E-state index is -4.61. The number of amides is 1. The van der Waals surface area contributed by atoms with Gasteiger partial charge in [-0.3, -0.25) is 9.69 Å². The van der Waals surface area contributed by atoms with Crippen LogP contribution in [0.1, 0.15) is 23.7 Å². The van der Waals surface area contributed by atoms with Gasteiger partial charge in [0.05, 0.1) is 0 Å². The van der Waals surface area contributed by atoms with Crippen molar-refractivity contribution in [2.45, 2.75) is 24.2 Å². The second-order valence-electron chi connectivity index (χ2n) is 6.81. The molecule has 28 heavy (non-hydrogen) atoms. The number of guanidine groups is 1. The Morgan fingerprint density at radius 2 is 1.96 bits per heavy atom. The van der Waals surface area contributed by atoms with Gasteiger partial charge in [-0.05, 0) is 11.6 Å². The summed E-state index contributed by atoms with van der Waals surface area (Å²) in [4.78, 5) is 17.8. The van der Waals surface area contributed by atoms with Crippen LogP contribution in [-0.4, -0.2) is 37.3 Å². The Labute approximate surface area is 160 Å². The Morgan fingerprint density at radius 1 is 1.25 bits per heavy atom. The van der Waals surface area contributed by atoms with Gasteiger partial charge in [0, 0.05) is 12.0 Å². The summed E-state index contributed by atoms with van der Waals surface area (Å²) >= 11 is 0. The Hall–Kier alpha value is -2.97. The van der Waals surface area contributed by atoms with Crippen LogP contribution in [0.15, 0.2) is 53.5 Å². The van der Waals surface area contributed by atoms with Crippen LogP contribution in [0.25, 0.3) is 0 Å². The summed E-state index contributed by atoms with van der Waals surface area (Å²) in [6.45, 7) is -1.50. The number of benzene rings is 2. The zero-order valence-corrected chi connectivity index (χ0v) is 14.6. The molecule has 2 aromatic carbocycles. The molecule has 0 fully saturated rings. The Morgan fingerprint density at radius 3 is 2.64 bits per heavy atom. The molecule has 1 amide bonds. The SMILES string of the molecule is [B]c1ccc2c(c1)C1(CC(c3ccccc3)O2)N=C(N)N(CC(F)(F)F)C1=O. The molecule has 0 saturated carbocycles. The molecule has 2 unspecified atom stereocenters. The van der Waals surface area contributed by atoms with Crippen molar-refractivity contribution in [2.75, 3.05) is 6.54 Å². The molecular weight excluding hydrogens is 370 g/mol. The van der Waals surface area contributed by atoms with Crippen molar-refractivity contribution >= 4 is 25.2 Å². The number of ether oxygens (including phenoxy) is 1. The number of rotatable bonds is 2. The number of halogens is 3. The molecule has 2 N–H and O–H groups in total. The van der Waals surface area contributed by atoms with E-state index in [4.69, 9.17) is 18.3 Å². The minimum Gasteiger partial charge on any atom is -0.485 e. The van der Waals surface area contributed by atoms with E-state index in [0.717, 1.165) is 5.56 Å². The highest BCUT2D eigenvalue weighted by Gasteiger charge is 2.56. The molecule has 5 nitrogen and oxygen atoms in total. The maximum absolute atomic E-state index is 13.2. The molecular formula is C19H15BF3N3O2. The molecule has 2 aromatic rings. The number of hydrogen-bond donors (Lipinski definition) is 1. The molecule has 2 atom stereocenters. The highest BCUT2D eigenvalue weighted by Crippen LogP contribution is 2.49. The second-order valence-corrected chi connectivity index (χ2v) is 6.81. The number of alkyl halides is 3. The van der Waals surface area contributed by atoms with E-state index in [-0.39, 0.29) is 6.42 Å². The highest BCUT2D eigenvalue weighted by atomic mass is 19.4. The van der Waals surface area contributed by atoms with Crippen LogP contribution in [0, 0.1) is 0 Å². The molecule has 0 saturated heterocycles. The van der Waals surface area contributed by atoms with Gasteiger partial charge in [0.25, 0.3) is 5.91 Å². The summed E-state index contributed by atoms with van der Waals surface area (Å²) in [6.07, 6.45) is -5.17. The predicted octanol–water partition coefficient (Wildman–Crippen LogP) is 1.92. The van der Waals surface area contributed by atoms with Crippen LogP contribution in [-0.2, 0) is 10.3 Å². The summed E-state index contributed by atoms with van der Waals surface area (Å²) in [6, 6.07) is 13.8. The summed E-state index contributed by atoms with van der Waals surface area (Å²) in [5.74, 6) is -0.962. The number of carbonyl (C=O) groups is 1. The first-order valence-electron chi connectivity index (χ1n) is 8.55. The molecule has 1 spiro atoms. The topological polar surface area (TPSA) is 67.9 Å². The molecule has 142 valence electrons. The quantitative estimate of drug-likeness (QED) is 0.804. The van der Waals surface area contributed by atoms with Crippen LogP contribution >= 0.6 is 0 Å². The number of nitrogens with zero attached hydrogens (tertiary/aromatic N) is 2. The fourth-order valence-corrected chi connectivity index (χ4v) is 3.67. The van der Waals surface area contributed by atoms with Gasteiger partial charge in [0.1, 0.15) is 26.2 Å². The van der Waals surface area contributed by atoms with Gasteiger partial charge in [0.2, 0.25) is 0 Å². The van der Waals surface area contributed by atoms with Crippen molar-refractivity contribution in [1.29, 1.82) is 0 Å². The molecule has 2 radical (unpaired) electrons. The van der Waals surface area contributed by atoms with Crippen molar-refractivity contribution < 1.29 is 22.7 Å². The molecule has 0 aromatic heterocycles. The van der Waals surface area contributed by atoms with Crippen molar-refractivity contribution in [3.63, 3.8) is 0 Å². The molecule has 4 rings (SSSR count). The number of fused-ring (bicyclic) bond motifs is 2. The van der Waals surface area contributed by atoms with E-state index in [2.05, 4.69) is 4.99 Å². The molecule has 0 aliphatic carbocycles. The Kier molecular flexibility index (Phi) is 4.13. The van der Waals surface area contributed by atoms with Crippen molar-refractivity contribution in [3.05, 3.63) is 59.7 Å². The van der Waals surface area contributed by atoms with Crippen LogP contribution in [0.2, 0.25) is 0 Å². The highest BCUT2D eigenvalue weighted by molar-refractivity contribution is 6.32. The van der Waals surface area contributed by atoms with E-state index < -0.39 is 36.2 Å². The summed E-state index contributed by atoms with van der Waals surface area (Å²) < 4.78 is 44.9. The van der Waals surface area contributed by atoms with Crippen LogP contribution in [0.4, 0.5) is 13.2 Å². The first-order valence-corrected chi connectivity index (χ1v) is 8.55. The lowest BCUT2D eigenvalue weighted by Crippen LogP contribution is -2.48. The zero-order valence-electron chi connectivity index (χ0n) is 14.6. The lowest BCUT2D eigenvalue weighted by atomic mass is 9.78. The van der Waals surface area contributed by atoms with Crippen molar-refractivity contribution in [2.24, 2.45) is 10.7 Å². The van der Waals surface area contributed by atoms with E-state index in [9.17, 15) is 18.0 Å². The summed E-state index contributed by atoms with van der Waals surface area (Å²) in [5, 5.41) is 0. The third kappa shape index (κ3) is 3.00. The van der Waals surface area contributed by atoms with Crippen molar-refractivity contribution in [1.82, 2.24) is 4.90 Å².